The quantitative estimate of drug-likeness (QED) is 0.623. The highest BCUT2D eigenvalue weighted by molar-refractivity contribution is 9.10. The number of carbonyl (C=O) groups is 1. The SMILES string of the molecule is CN=C1CC(C(F)(F)F)C(=O)C1c1ccc(Br)c(C(F)(F)F)c1. The third-order valence-electron chi connectivity index (χ3n) is 3.69. The van der Waals surface area contributed by atoms with Crippen LogP contribution in [0.15, 0.2) is 27.7 Å². The van der Waals surface area contributed by atoms with E-state index in [0.29, 0.717) is 6.07 Å². The minimum Gasteiger partial charge on any atom is -0.298 e. The molecule has 1 aromatic carbocycles. The predicted molar refractivity (Wildman–Crippen MR) is 74.4 cm³/mol. The van der Waals surface area contributed by atoms with Gasteiger partial charge in [0.15, 0.2) is 5.78 Å². The lowest BCUT2D eigenvalue weighted by molar-refractivity contribution is -0.177. The Bertz CT molecular complexity index is 664. The highest BCUT2D eigenvalue weighted by atomic mass is 79.9. The number of alkyl halides is 6. The second kappa shape index (κ2) is 5.92. The van der Waals surface area contributed by atoms with Crippen molar-refractivity contribution in [3.05, 3.63) is 33.8 Å². The van der Waals surface area contributed by atoms with Gasteiger partial charge >= 0.3 is 12.4 Å². The lowest BCUT2D eigenvalue weighted by Gasteiger charge is -2.16. The van der Waals surface area contributed by atoms with Gasteiger partial charge in [0.25, 0.3) is 0 Å². The van der Waals surface area contributed by atoms with Crippen LogP contribution in [0.5, 0.6) is 0 Å². The van der Waals surface area contributed by atoms with E-state index in [0.717, 1.165) is 6.07 Å². The maximum absolute atomic E-state index is 12.9. The van der Waals surface area contributed by atoms with Crippen LogP contribution in [-0.4, -0.2) is 24.7 Å². The number of benzene rings is 1. The summed E-state index contributed by atoms with van der Waals surface area (Å²) in [5.41, 5.74) is -1.25. The van der Waals surface area contributed by atoms with Crippen LogP contribution in [0, 0.1) is 5.92 Å². The molecule has 1 aliphatic rings. The van der Waals surface area contributed by atoms with E-state index in [-0.39, 0.29) is 15.7 Å². The molecule has 0 N–H and O–H groups in total. The zero-order chi connectivity index (χ0) is 17.6. The number of carbonyl (C=O) groups excluding carboxylic acids is 1. The summed E-state index contributed by atoms with van der Waals surface area (Å²) >= 11 is 2.75. The minimum atomic E-state index is -4.75. The Labute approximate surface area is 135 Å². The molecule has 0 radical (unpaired) electrons. The molecule has 1 aromatic rings. The van der Waals surface area contributed by atoms with Crippen LogP contribution in [-0.2, 0) is 11.0 Å². The van der Waals surface area contributed by atoms with Crippen LogP contribution in [0.1, 0.15) is 23.5 Å². The van der Waals surface area contributed by atoms with Gasteiger partial charge in [-0.05, 0) is 17.7 Å². The van der Waals surface area contributed by atoms with Crippen LogP contribution < -0.4 is 0 Å². The molecule has 0 amide bonds. The predicted octanol–water partition coefficient (Wildman–Crippen LogP) is 4.77. The second-order valence-corrected chi connectivity index (χ2v) is 5.94. The summed E-state index contributed by atoms with van der Waals surface area (Å²) in [5, 5.41) is 0. The Morgan fingerprint density at radius 1 is 1.17 bits per heavy atom. The lowest BCUT2D eigenvalue weighted by Crippen LogP contribution is -2.28. The van der Waals surface area contributed by atoms with Crippen LogP contribution in [0.3, 0.4) is 0 Å². The van der Waals surface area contributed by atoms with Gasteiger partial charge in [0, 0.05) is 23.7 Å². The van der Waals surface area contributed by atoms with Gasteiger partial charge < -0.3 is 0 Å². The van der Waals surface area contributed by atoms with Gasteiger partial charge in [-0.3, -0.25) is 9.79 Å². The molecule has 2 rings (SSSR count). The number of hydrogen-bond donors (Lipinski definition) is 0. The van der Waals surface area contributed by atoms with Gasteiger partial charge in [0.05, 0.1) is 11.5 Å². The van der Waals surface area contributed by atoms with Crippen molar-refractivity contribution in [3.63, 3.8) is 0 Å². The molecule has 1 aliphatic carbocycles. The van der Waals surface area contributed by atoms with E-state index in [9.17, 15) is 31.1 Å². The molecule has 0 bridgehead atoms. The Morgan fingerprint density at radius 3 is 2.26 bits per heavy atom. The molecule has 1 saturated carbocycles. The first-order valence-electron chi connectivity index (χ1n) is 6.39. The zero-order valence-electron chi connectivity index (χ0n) is 11.6. The van der Waals surface area contributed by atoms with Crippen LogP contribution in [0.4, 0.5) is 26.3 Å². The lowest BCUT2D eigenvalue weighted by atomic mass is 9.92. The summed E-state index contributed by atoms with van der Waals surface area (Å²) in [6, 6.07) is 2.96. The number of rotatable bonds is 1. The van der Waals surface area contributed by atoms with Crippen molar-refractivity contribution < 1.29 is 31.1 Å². The number of Topliss-reactive ketones (excluding diaryl/α,β-unsaturated/α-hetero) is 1. The average molecular weight is 402 g/mol. The molecular weight excluding hydrogens is 392 g/mol. The first kappa shape index (κ1) is 18.0. The third kappa shape index (κ3) is 3.44. The van der Waals surface area contributed by atoms with Gasteiger partial charge in [0.1, 0.15) is 5.92 Å². The third-order valence-corrected chi connectivity index (χ3v) is 4.38. The smallest absolute Gasteiger partial charge is 0.298 e. The van der Waals surface area contributed by atoms with E-state index in [4.69, 9.17) is 0 Å². The fourth-order valence-corrected chi connectivity index (χ4v) is 3.06. The first-order valence-corrected chi connectivity index (χ1v) is 7.18. The molecule has 1 fully saturated rings. The van der Waals surface area contributed by atoms with Crippen LogP contribution in [0.2, 0.25) is 0 Å². The number of halogens is 7. The van der Waals surface area contributed by atoms with Crippen molar-refractivity contribution in [2.45, 2.75) is 24.7 Å². The average Bonchev–Trinajstić information content (AvgIpc) is 2.75. The maximum Gasteiger partial charge on any atom is 0.417 e. The fourth-order valence-electron chi connectivity index (χ4n) is 2.59. The van der Waals surface area contributed by atoms with Crippen molar-refractivity contribution in [1.29, 1.82) is 0 Å². The molecule has 126 valence electrons. The fraction of sp³-hybridized carbons (Fsp3) is 0.429. The van der Waals surface area contributed by atoms with Crippen LogP contribution >= 0.6 is 15.9 Å². The van der Waals surface area contributed by atoms with E-state index in [1.54, 1.807) is 0 Å². The summed E-state index contributed by atoms with van der Waals surface area (Å²) in [6.07, 6.45) is -10.1. The van der Waals surface area contributed by atoms with E-state index in [1.807, 2.05) is 0 Å². The molecule has 0 heterocycles. The van der Waals surface area contributed by atoms with Gasteiger partial charge in [-0.15, -0.1) is 0 Å². The Morgan fingerprint density at radius 2 is 1.78 bits per heavy atom. The van der Waals surface area contributed by atoms with E-state index < -0.39 is 42.0 Å². The number of ketones is 1. The van der Waals surface area contributed by atoms with Gasteiger partial charge in [-0.1, -0.05) is 22.0 Å². The largest absolute Gasteiger partial charge is 0.417 e. The number of nitrogens with zero attached hydrogens (tertiary/aromatic N) is 1. The summed E-state index contributed by atoms with van der Waals surface area (Å²) in [6.45, 7) is 0. The van der Waals surface area contributed by atoms with E-state index in [1.165, 1.54) is 13.1 Å². The molecule has 2 unspecified atom stereocenters. The second-order valence-electron chi connectivity index (χ2n) is 5.09. The summed E-state index contributed by atoms with van der Waals surface area (Å²) < 4.78 is 77.2. The highest BCUT2D eigenvalue weighted by Gasteiger charge is 2.53. The van der Waals surface area contributed by atoms with Gasteiger partial charge in [0.2, 0.25) is 0 Å². The molecule has 0 saturated heterocycles. The molecule has 0 aromatic heterocycles. The normalized spacial score (nSPS) is 24.5. The van der Waals surface area contributed by atoms with E-state index >= 15 is 0 Å². The monoisotopic (exact) mass is 401 g/mol. The van der Waals surface area contributed by atoms with E-state index in [2.05, 4.69) is 20.9 Å². The summed E-state index contributed by atoms with van der Waals surface area (Å²) in [7, 11) is 1.22. The summed E-state index contributed by atoms with van der Waals surface area (Å²) in [5.74, 6) is -4.81. The summed E-state index contributed by atoms with van der Waals surface area (Å²) in [4.78, 5) is 15.8. The van der Waals surface area contributed by atoms with Crippen molar-refractivity contribution in [1.82, 2.24) is 0 Å². The molecule has 2 atom stereocenters. The molecule has 0 aliphatic heterocycles. The van der Waals surface area contributed by atoms with Gasteiger partial charge in [-0.2, -0.15) is 26.3 Å². The number of aliphatic imine (C=N–C) groups is 1. The Balaban J connectivity index is 2.51. The van der Waals surface area contributed by atoms with Crippen molar-refractivity contribution in [2.75, 3.05) is 7.05 Å². The van der Waals surface area contributed by atoms with Crippen molar-refractivity contribution in [2.24, 2.45) is 10.9 Å². The van der Waals surface area contributed by atoms with Gasteiger partial charge in [-0.25, -0.2) is 0 Å². The minimum absolute atomic E-state index is 0.0622. The topological polar surface area (TPSA) is 29.4 Å². The van der Waals surface area contributed by atoms with Crippen molar-refractivity contribution >= 4 is 27.4 Å². The Kier molecular flexibility index (Phi) is 4.62. The first-order chi connectivity index (χ1) is 10.5. The Hall–Kier alpha value is -1.38. The molecule has 0 spiro atoms. The molecule has 2 nitrogen and oxygen atoms in total. The highest BCUT2D eigenvalue weighted by Crippen LogP contribution is 2.43. The maximum atomic E-state index is 12.9. The standard InChI is InChI=1S/C14H10BrF6NO/c1-22-10-5-8(14(19,20)21)12(23)11(10)6-2-3-9(15)7(4-6)13(16,17)18/h2-4,8,11H,5H2,1H3. The zero-order valence-corrected chi connectivity index (χ0v) is 13.2. The molecule has 23 heavy (non-hydrogen) atoms. The van der Waals surface area contributed by atoms with Crippen molar-refractivity contribution in [3.8, 4) is 0 Å². The molecule has 9 heteroatoms. The molecular formula is C14H10BrF6NO. The van der Waals surface area contributed by atoms with Crippen LogP contribution in [0.25, 0.3) is 0 Å². The number of hydrogen-bond acceptors (Lipinski definition) is 2.